The maximum Gasteiger partial charge on any atom is 0.230 e. The van der Waals surface area contributed by atoms with Gasteiger partial charge >= 0.3 is 0 Å². The van der Waals surface area contributed by atoms with Crippen molar-refractivity contribution in [2.45, 2.75) is 41.1 Å². The summed E-state index contributed by atoms with van der Waals surface area (Å²) in [6, 6.07) is 8.25. The molecule has 1 aliphatic rings. The van der Waals surface area contributed by atoms with Crippen molar-refractivity contribution < 1.29 is 14.3 Å². The molecule has 2 rings (SSSR count). The minimum Gasteiger partial charge on any atom is -0.497 e. The first-order valence-corrected chi connectivity index (χ1v) is 10.3. The van der Waals surface area contributed by atoms with Gasteiger partial charge in [-0.05, 0) is 31.0 Å². The van der Waals surface area contributed by atoms with Gasteiger partial charge in [-0.25, -0.2) is 0 Å². The fourth-order valence-electron chi connectivity index (χ4n) is 2.76. The third kappa shape index (κ3) is 6.57. The van der Waals surface area contributed by atoms with E-state index in [1.54, 1.807) is 26.0 Å². The Morgan fingerprint density at radius 2 is 2.04 bits per heavy atom. The topological polar surface area (TPSA) is 47.6 Å². The molecule has 0 bridgehead atoms. The lowest BCUT2D eigenvalue weighted by Crippen LogP contribution is -2.31. The molecule has 1 amide bonds. The first-order chi connectivity index (χ1) is 11.7. The van der Waals surface area contributed by atoms with Crippen molar-refractivity contribution >= 4 is 29.4 Å². The van der Waals surface area contributed by atoms with Crippen LogP contribution in [0.4, 0.5) is 0 Å². The number of thioether (sulfide) groups is 2. The second-order valence-corrected chi connectivity index (χ2v) is 8.35. The summed E-state index contributed by atoms with van der Waals surface area (Å²) >= 11 is 3.72. The van der Waals surface area contributed by atoms with Crippen LogP contribution in [0.25, 0.3) is 0 Å². The van der Waals surface area contributed by atoms with Gasteiger partial charge in [0.1, 0.15) is 5.75 Å². The molecule has 1 fully saturated rings. The van der Waals surface area contributed by atoms with Crippen molar-refractivity contribution in [1.29, 1.82) is 0 Å². The fraction of sp³-hybridized carbons (Fsp3) is 0.611. The maximum absolute atomic E-state index is 11.9. The molecule has 1 aromatic rings. The zero-order valence-corrected chi connectivity index (χ0v) is 16.1. The number of rotatable bonds is 9. The molecule has 1 saturated carbocycles. The Morgan fingerprint density at radius 1 is 1.25 bits per heavy atom. The van der Waals surface area contributed by atoms with E-state index in [0.29, 0.717) is 29.4 Å². The molecule has 0 aromatic heterocycles. The average Bonchev–Trinajstić information content (AvgIpc) is 2.61. The monoisotopic (exact) mass is 369 g/mol. The van der Waals surface area contributed by atoms with Gasteiger partial charge in [-0.2, -0.15) is 0 Å². The van der Waals surface area contributed by atoms with Crippen molar-refractivity contribution in [1.82, 2.24) is 5.32 Å². The highest BCUT2D eigenvalue weighted by molar-refractivity contribution is 8.04. The van der Waals surface area contributed by atoms with Gasteiger partial charge in [0, 0.05) is 29.0 Å². The standard InChI is InChI=1S/C18H27NO3S2/c1-21-11-10-19-18(20)13-23-16-8-3-4-9-17(16)24-15-7-5-6-14(12-15)22-2/h5-7,12,16-17H,3-4,8-11,13H2,1-2H3,(H,19,20)/t16-,17-/m1/s1. The Labute approximate surface area is 153 Å². The van der Waals surface area contributed by atoms with E-state index in [2.05, 4.69) is 17.4 Å². The number of hydrogen-bond donors (Lipinski definition) is 1. The third-order valence-electron chi connectivity index (χ3n) is 4.03. The Hall–Kier alpha value is -0.850. The van der Waals surface area contributed by atoms with Crippen LogP contribution in [0, 0.1) is 0 Å². The molecule has 1 N–H and O–H groups in total. The highest BCUT2D eigenvalue weighted by Crippen LogP contribution is 2.40. The van der Waals surface area contributed by atoms with E-state index in [9.17, 15) is 4.79 Å². The summed E-state index contributed by atoms with van der Waals surface area (Å²) in [6.45, 7) is 1.15. The van der Waals surface area contributed by atoms with Gasteiger partial charge in [0.2, 0.25) is 5.91 Å². The molecule has 2 atom stereocenters. The van der Waals surface area contributed by atoms with Crippen LogP contribution >= 0.6 is 23.5 Å². The normalized spacial score (nSPS) is 20.6. The van der Waals surface area contributed by atoms with Crippen LogP contribution in [0.3, 0.4) is 0 Å². The number of benzene rings is 1. The summed E-state index contributed by atoms with van der Waals surface area (Å²) in [7, 11) is 3.34. The number of carbonyl (C=O) groups excluding carboxylic acids is 1. The summed E-state index contributed by atoms with van der Waals surface area (Å²) in [6.07, 6.45) is 4.94. The van der Waals surface area contributed by atoms with Crippen molar-refractivity contribution in [3.05, 3.63) is 24.3 Å². The first-order valence-electron chi connectivity index (χ1n) is 8.41. The lowest BCUT2D eigenvalue weighted by atomic mass is 10.00. The van der Waals surface area contributed by atoms with E-state index in [0.717, 1.165) is 5.75 Å². The minimum atomic E-state index is 0.104. The fourth-order valence-corrected chi connectivity index (χ4v) is 5.58. The largest absolute Gasteiger partial charge is 0.497 e. The van der Waals surface area contributed by atoms with Crippen LogP contribution in [0.5, 0.6) is 5.75 Å². The van der Waals surface area contributed by atoms with Crippen LogP contribution in [0.2, 0.25) is 0 Å². The van der Waals surface area contributed by atoms with E-state index < -0.39 is 0 Å². The van der Waals surface area contributed by atoms with E-state index in [1.807, 2.05) is 23.9 Å². The molecule has 0 unspecified atom stereocenters. The zero-order valence-electron chi connectivity index (χ0n) is 14.5. The average molecular weight is 370 g/mol. The zero-order chi connectivity index (χ0) is 17.2. The minimum absolute atomic E-state index is 0.104. The second-order valence-electron chi connectivity index (χ2n) is 5.81. The number of carbonyl (C=O) groups is 1. The number of ether oxygens (including phenoxy) is 2. The molecule has 24 heavy (non-hydrogen) atoms. The predicted octanol–water partition coefficient (Wildman–Crippen LogP) is 3.59. The predicted molar refractivity (Wildman–Crippen MR) is 102 cm³/mol. The molecule has 134 valence electrons. The van der Waals surface area contributed by atoms with Gasteiger partial charge in [0.15, 0.2) is 0 Å². The highest BCUT2D eigenvalue weighted by atomic mass is 32.2. The van der Waals surface area contributed by atoms with Crippen LogP contribution in [-0.4, -0.2) is 49.5 Å². The summed E-state index contributed by atoms with van der Waals surface area (Å²) in [5, 5.41) is 3.98. The van der Waals surface area contributed by atoms with Crippen LogP contribution in [0.15, 0.2) is 29.2 Å². The Bertz CT molecular complexity index is 513. The second kappa shape index (κ2) is 10.9. The number of hydrogen-bond acceptors (Lipinski definition) is 5. The molecule has 0 heterocycles. The van der Waals surface area contributed by atoms with E-state index in [-0.39, 0.29) is 5.91 Å². The molecule has 0 radical (unpaired) electrons. The molecule has 4 nitrogen and oxygen atoms in total. The summed E-state index contributed by atoms with van der Waals surface area (Å²) in [5.74, 6) is 1.54. The van der Waals surface area contributed by atoms with Gasteiger partial charge < -0.3 is 14.8 Å². The lowest BCUT2D eigenvalue weighted by molar-refractivity contribution is -0.118. The molecule has 0 spiro atoms. The van der Waals surface area contributed by atoms with Crippen molar-refractivity contribution in [2.24, 2.45) is 0 Å². The molecule has 1 aliphatic carbocycles. The van der Waals surface area contributed by atoms with Crippen LogP contribution < -0.4 is 10.1 Å². The van der Waals surface area contributed by atoms with E-state index in [1.165, 1.54) is 30.6 Å². The molecule has 0 saturated heterocycles. The van der Waals surface area contributed by atoms with Gasteiger partial charge in [0.05, 0.1) is 19.5 Å². The van der Waals surface area contributed by atoms with Crippen molar-refractivity contribution in [2.75, 3.05) is 33.1 Å². The Kier molecular flexibility index (Phi) is 8.84. The van der Waals surface area contributed by atoms with Gasteiger partial charge in [-0.1, -0.05) is 18.9 Å². The molecule has 1 aromatic carbocycles. The first kappa shape index (κ1) is 19.5. The quantitative estimate of drug-likeness (QED) is 0.674. The van der Waals surface area contributed by atoms with Gasteiger partial charge in [-0.3, -0.25) is 4.79 Å². The number of amides is 1. The molecular formula is C18H27NO3S2. The van der Waals surface area contributed by atoms with Gasteiger partial charge in [-0.15, -0.1) is 23.5 Å². The molecule has 6 heteroatoms. The third-order valence-corrected chi connectivity index (χ3v) is 7.01. The number of methoxy groups -OCH3 is 2. The van der Waals surface area contributed by atoms with Crippen molar-refractivity contribution in [3.8, 4) is 5.75 Å². The van der Waals surface area contributed by atoms with Gasteiger partial charge in [0.25, 0.3) is 0 Å². The Balaban J connectivity index is 1.84. The summed E-state index contributed by atoms with van der Waals surface area (Å²) < 4.78 is 10.3. The van der Waals surface area contributed by atoms with Crippen molar-refractivity contribution in [3.63, 3.8) is 0 Å². The smallest absolute Gasteiger partial charge is 0.230 e. The van der Waals surface area contributed by atoms with Crippen LogP contribution in [-0.2, 0) is 9.53 Å². The Morgan fingerprint density at radius 3 is 2.79 bits per heavy atom. The van der Waals surface area contributed by atoms with Crippen LogP contribution in [0.1, 0.15) is 25.7 Å². The highest BCUT2D eigenvalue weighted by Gasteiger charge is 2.27. The molecular weight excluding hydrogens is 342 g/mol. The lowest BCUT2D eigenvalue weighted by Gasteiger charge is -2.30. The summed E-state index contributed by atoms with van der Waals surface area (Å²) in [5.41, 5.74) is 0. The summed E-state index contributed by atoms with van der Waals surface area (Å²) in [4.78, 5) is 13.1. The maximum atomic E-state index is 11.9. The number of nitrogens with one attached hydrogen (secondary N) is 1. The van der Waals surface area contributed by atoms with E-state index >= 15 is 0 Å². The molecule has 0 aliphatic heterocycles. The van der Waals surface area contributed by atoms with E-state index in [4.69, 9.17) is 9.47 Å². The SMILES string of the molecule is COCCNC(=O)CS[C@@H]1CCCC[C@H]1Sc1cccc(OC)c1.